The van der Waals surface area contributed by atoms with Crippen LogP contribution < -0.4 is 16.0 Å². The second-order valence-corrected chi connectivity index (χ2v) is 8.97. The molecular formula is C27H29FN6O2. The number of benzene rings is 2. The highest BCUT2D eigenvalue weighted by atomic mass is 19.1. The van der Waals surface area contributed by atoms with Crippen LogP contribution >= 0.6 is 0 Å². The summed E-state index contributed by atoms with van der Waals surface area (Å²) in [6.45, 7) is 4.33. The number of carbonyl (C=O) groups excluding carboxylic acids is 2. The predicted octanol–water partition coefficient (Wildman–Crippen LogP) is 4.98. The topological polar surface area (TPSA) is 90.8 Å². The molecule has 3 N–H and O–H groups in total. The Kier molecular flexibility index (Phi) is 7.30. The van der Waals surface area contributed by atoms with Gasteiger partial charge in [0.2, 0.25) is 0 Å². The number of urea groups is 1. The molecule has 0 unspecified atom stereocenters. The summed E-state index contributed by atoms with van der Waals surface area (Å²) in [4.78, 5) is 31.8. The van der Waals surface area contributed by atoms with Crippen molar-refractivity contribution in [3.05, 3.63) is 95.2 Å². The minimum Gasteiger partial charge on any atom is -0.331 e. The minimum absolute atomic E-state index is 0.115. The van der Waals surface area contributed by atoms with E-state index in [1.165, 1.54) is 12.3 Å². The van der Waals surface area contributed by atoms with Crippen LogP contribution in [0, 0.1) is 12.7 Å². The van der Waals surface area contributed by atoms with Crippen molar-refractivity contribution < 1.29 is 14.0 Å². The Morgan fingerprint density at radius 2 is 1.86 bits per heavy atom. The van der Waals surface area contributed by atoms with Crippen molar-refractivity contribution in [2.45, 2.75) is 26.4 Å². The van der Waals surface area contributed by atoms with Gasteiger partial charge in [0.05, 0.1) is 17.9 Å². The van der Waals surface area contributed by atoms with Crippen molar-refractivity contribution in [3.8, 4) is 0 Å². The molecule has 4 aromatic rings. The molecule has 8 nitrogen and oxygen atoms in total. The Labute approximate surface area is 209 Å². The quantitative estimate of drug-likeness (QED) is 0.342. The number of carbonyl (C=O) groups is 2. The fourth-order valence-corrected chi connectivity index (χ4v) is 3.90. The molecule has 3 amide bonds. The van der Waals surface area contributed by atoms with Crippen molar-refractivity contribution in [1.82, 2.24) is 19.6 Å². The van der Waals surface area contributed by atoms with Gasteiger partial charge in [-0.05, 0) is 75.0 Å². The van der Waals surface area contributed by atoms with Gasteiger partial charge in [0.1, 0.15) is 17.2 Å². The average Bonchev–Trinajstić information content (AvgIpc) is 3.26. The summed E-state index contributed by atoms with van der Waals surface area (Å²) < 4.78 is 16.0. The zero-order valence-electron chi connectivity index (χ0n) is 20.7. The van der Waals surface area contributed by atoms with Gasteiger partial charge in [0.15, 0.2) is 0 Å². The first-order valence-corrected chi connectivity index (χ1v) is 11.6. The van der Waals surface area contributed by atoms with E-state index in [1.54, 1.807) is 22.7 Å². The number of rotatable bonds is 7. The van der Waals surface area contributed by atoms with Gasteiger partial charge in [-0.1, -0.05) is 24.3 Å². The van der Waals surface area contributed by atoms with Gasteiger partial charge < -0.3 is 20.9 Å². The van der Waals surface area contributed by atoms with E-state index in [2.05, 4.69) is 20.9 Å². The van der Waals surface area contributed by atoms with E-state index in [1.807, 2.05) is 69.2 Å². The van der Waals surface area contributed by atoms with Crippen molar-refractivity contribution in [1.29, 1.82) is 0 Å². The number of nitrogens with zero attached hydrogens (tertiary/aromatic N) is 3. The van der Waals surface area contributed by atoms with Gasteiger partial charge in [-0.2, -0.15) is 0 Å². The average molecular weight is 489 g/mol. The zero-order chi connectivity index (χ0) is 25.8. The van der Waals surface area contributed by atoms with E-state index in [-0.39, 0.29) is 11.6 Å². The molecule has 186 valence electrons. The van der Waals surface area contributed by atoms with Crippen molar-refractivity contribution in [2.24, 2.45) is 0 Å². The molecule has 36 heavy (non-hydrogen) atoms. The van der Waals surface area contributed by atoms with Crippen molar-refractivity contribution in [2.75, 3.05) is 24.7 Å². The van der Waals surface area contributed by atoms with Gasteiger partial charge in [-0.3, -0.25) is 9.20 Å². The second kappa shape index (κ2) is 10.6. The number of nitrogens with one attached hydrogen (secondary N) is 3. The number of aryl methyl sites for hydroxylation is 1. The number of fused-ring (bicyclic) bond motifs is 1. The van der Waals surface area contributed by atoms with Crippen LogP contribution in [0.3, 0.4) is 0 Å². The van der Waals surface area contributed by atoms with Crippen LogP contribution in [0.4, 0.5) is 20.6 Å². The lowest BCUT2D eigenvalue weighted by Crippen LogP contribution is -2.31. The minimum atomic E-state index is -0.528. The summed E-state index contributed by atoms with van der Waals surface area (Å²) in [5.41, 5.74) is 4.38. The third-order valence-corrected chi connectivity index (χ3v) is 5.78. The lowest BCUT2D eigenvalue weighted by atomic mass is 10.0. The number of hydrogen-bond acceptors (Lipinski definition) is 4. The molecule has 2 heterocycles. The highest BCUT2D eigenvalue weighted by Crippen LogP contribution is 2.23. The largest absolute Gasteiger partial charge is 0.331 e. The zero-order valence-corrected chi connectivity index (χ0v) is 20.7. The number of halogens is 1. The predicted molar refractivity (Wildman–Crippen MR) is 139 cm³/mol. The number of pyridine rings is 1. The van der Waals surface area contributed by atoms with Crippen LogP contribution in [0.5, 0.6) is 0 Å². The molecular weight excluding hydrogens is 459 g/mol. The maximum absolute atomic E-state index is 14.3. The van der Waals surface area contributed by atoms with E-state index in [9.17, 15) is 14.0 Å². The smallest absolute Gasteiger partial charge is 0.319 e. The monoisotopic (exact) mass is 488 g/mol. The molecule has 0 radical (unpaired) electrons. The molecule has 1 atom stereocenters. The van der Waals surface area contributed by atoms with Crippen LogP contribution in [-0.4, -0.2) is 40.3 Å². The molecule has 0 saturated carbocycles. The number of imidazole rings is 1. The molecule has 2 aromatic carbocycles. The number of aromatic nitrogens is 2. The summed E-state index contributed by atoms with van der Waals surface area (Å²) >= 11 is 0. The lowest BCUT2D eigenvalue weighted by molar-refractivity contribution is 0.102. The van der Waals surface area contributed by atoms with Gasteiger partial charge in [0, 0.05) is 18.4 Å². The summed E-state index contributed by atoms with van der Waals surface area (Å²) in [7, 11) is 3.84. The standard InChI is InChI=1S/C27H29FN6O2/c1-17-8-10-20(14-22(17)31-26(35)24-15-29-25-7-5-6-12-34(24)25)18(2)30-27(36)32-23-13-19(16-33(3)4)9-11-21(23)28/h5-15,18H,16H2,1-4H3,(H,31,35)(H2,30,32,36)/t18-/m0/s1. The Bertz CT molecular complexity index is 1410. The molecule has 0 fully saturated rings. The molecule has 0 aliphatic rings. The summed E-state index contributed by atoms with van der Waals surface area (Å²) in [5.74, 6) is -0.798. The summed E-state index contributed by atoms with van der Waals surface area (Å²) in [5, 5.41) is 8.37. The first kappa shape index (κ1) is 24.9. The van der Waals surface area contributed by atoms with Crippen LogP contribution in [0.1, 0.15) is 40.1 Å². The highest BCUT2D eigenvalue weighted by Gasteiger charge is 2.16. The molecule has 2 aromatic heterocycles. The van der Waals surface area contributed by atoms with E-state index in [4.69, 9.17) is 0 Å². The Balaban J connectivity index is 1.45. The Morgan fingerprint density at radius 3 is 2.64 bits per heavy atom. The number of hydrogen-bond donors (Lipinski definition) is 3. The third kappa shape index (κ3) is 5.69. The molecule has 9 heteroatoms. The maximum atomic E-state index is 14.3. The van der Waals surface area contributed by atoms with Crippen molar-refractivity contribution in [3.63, 3.8) is 0 Å². The van der Waals surface area contributed by atoms with E-state index < -0.39 is 17.9 Å². The summed E-state index contributed by atoms with van der Waals surface area (Å²) in [6, 6.07) is 14.8. The number of anilines is 2. The van der Waals surface area contributed by atoms with E-state index in [0.717, 1.165) is 16.7 Å². The molecule has 4 rings (SSSR count). The van der Waals surface area contributed by atoms with Gasteiger partial charge >= 0.3 is 6.03 Å². The van der Waals surface area contributed by atoms with Gasteiger partial charge in [0.25, 0.3) is 5.91 Å². The molecule has 0 aliphatic carbocycles. The Hall–Kier alpha value is -4.24. The molecule has 0 saturated heterocycles. The van der Waals surface area contributed by atoms with Crippen LogP contribution in [0.15, 0.2) is 67.0 Å². The number of amides is 3. The van der Waals surface area contributed by atoms with Gasteiger partial charge in [-0.15, -0.1) is 0 Å². The molecule has 0 bridgehead atoms. The first-order chi connectivity index (χ1) is 17.2. The van der Waals surface area contributed by atoms with Gasteiger partial charge in [-0.25, -0.2) is 14.2 Å². The van der Waals surface area contributed by atoms with Crippen molar-refractivity contribution >= 4 is 29.0 Å². The molecule has 0 spiro atoms. The van der Waals surface area contributed by atoms with Crippen LogP contribution in [-0.2, 0) is 6.54 Å². The summed E-state index contributed by atoms with van der Waals surface area (Å²) in [6.07, 6.45) is 3.31. The van der Waals surface area contributed by atoms with E-state index in [0.29, 0.717) is 23.6 Å². The second-order valence-electron chi connectivity index (χ2n) is 8.97. The van der Waals surface area contributed by atoms with Crippen LogP contribution in [0.2, 0.25) is 0 Å². The SMILES string of the molecule is Cc1ccc([C@H](C)NC(=O)Nc2cc(CN(C)C)ccc2F)cc1NC(=O)c1cnc2ccccn12. The first-order valence-electron chi connectivity index (χ1n) is 11.6. The fraction of sp³-hybridized carbons (Fsp3) is 0.222. The Morgan fingerprint density at radius 1 is 1.06 bits per heavy atom. The maximum Gasteiger partial charge on any atom is 0.319 e. The lowest BCUT2D eigenvalue weighted by Gasteiger charge is -2.18. The third-order valence-electron chi connectivity index (χ3n) is 5.78. The fourth-order valence-electron chi connectivity index (χ4n) is 3.90. The normalized spacial score (nSPS) is 11.9. The van der Waals surface area contributed by atoms with Crippen LogP contribution in [0.25, 0.3) is 5.65 Å². The highest BCUT2D eigenvalue weighted by molar-refractivity contribution is 6.04. The van der Waals surface area contributed by atoms with E-state index >= 15 is 0 Å². The molecule has 0 aliphatic heterocycles.